The van der Waals surface area contributed by atoms with Crippen molar-refractivity contribution < 1.29 is 13.2 Å². The van der Waals surface area contributed by atoms with Crippen LogP contribution in [0.1, 0.15) is 38.5 Å². The van der Waals surface area contributed by atoms with Gasteiger partial charge in [0.05, 0.1) is 10.4 Å². The van der Waals surface area contributed by atoms with Crippen molar-refractivity contribution in [2.45, 2.75) is 49.0 Å². The number of rotatable bonds is 4. The third-order valence-electron chi connectivity index (χ3n) is 4.48. The number of nitrogens with zero attached hydrogens (tertiary/aromatic N) is 1. The summed E-state index contributed by atoms with van der Waals surface area (Å²) >= 11 is 0. The highest BCUT2D eigenvalue weighted by atomic mass is 32.2. The molecule has 1 aliphatic carbocycles. The molecule has 1 amide bonds. The van der Waals surface area contributed by atoms with E-state index in [2.05, 4.69) is 15.0 Å². The predicted molar refractivity (Wildman–Crippen MR) is 92.3 cm³/mol. The van der Waals surface area contributed by atoms with Gasteiger partial charge in [-0.25, -0.2) is 8.42 Å². The maximum Gasteiger partial charge on any atom is 0.262 e. The first kappa shape index (κ1) is 16.9. The van der Waals surface area contributed by atoms with Crippen LogP contribution < -0.4 is 15.8 Å². The zero-order valence-corrected chi connectivity index (χ0v) is 14.2. The van der Waals surface area contributed by atoms with E-state index < -0.39 is 15.6 Å². The maximum atomic E-state index is 12.4. The fourth-order valence-electron chi connectivity index (χ4n) is 3.07. The Labute approximate surface area is 141 Å². The van der Waals surface area contributed by atoms with E-state index in [9.17, 15) is 13.2 Å². The molecule has 0 radical (unpaired) electrons. The molecule has 130 valence electrons. The molecule has 3 rings (SSSR count). The van der Waals surface area contributed by atoms with Gasteiger partial charge in [-0.05, 0) is 37.5 Å². The second-order valence-electron chi connectivity index (χ2n) is 6.38. The number of carbonyl (C=O) groups is 1. The number of nitrogens with two attached hydrogens (primary N) is 1. The summed E-state index contributed by atoms with van der Waals surface area (Å²) in [5, 5.41) is 2.74. The van der Waals surface area contributed by atoms with Crippen molar-refractivity contribution in [3.8, 4) is 0 Å². The molecule has 7 nitrogen and oxygen atoms in total. The van der Waals surface area contributed by atoms with Crippen molar-refractivity contribution in [1.29, 1.82) is 0 Å². The van der Waals surface area contributed by atoms with Crippen LogP contribution in [0.15, 0.2) is 34.2 Å². The van der Waals surface area contributed by atoms with Crippen molar-refractivity contribution in [2.24, 2.45) is 10.7 Å². The number of aliphatic imine (C=N–C) groups is 1. The van der Waals surface area contributed by atoms with E-state index in [1.807, 2.05) is 0 Å². The summed E-state index contributed by atoms with van der Waals surface area (Å²) in [6, 6.07) is 6.18. The van der Waals surface area contributed by atoms with Crippen molar-refractivity contribution in [2.75, 3.05) is 11.9 Å². The number of carbonyl (C=O) groups excluding carboxylic acids is 1. The van der Waals surface area contributed by atoms with E-state index in [4.69, 9.17) is 5.73 Å². The fraction of sp³-hybridized carbons (Fsp3) is 0.500. The Balaban J connectivity index is 1.75. The molecule has 0 aromatic heterocycles. The van der Waals surface area contributed by atoms with Crippen LogP contribution in [0, 0.1) is 0 Å². The third-order valence-corrected chi connectivity index (χ3v) is 5.86. The molecule has 1 fully saturated rings. The molecule has 1 aromatic rings. The van der Waals surface area contributed by atoms with E-state index in [0.717, 1.165) is 19.3 Å². The largest absolute Gasteiger partial charge is 0.324 e. The molecule has 1 heterocycles. The van der Waals surface area contributed by atoms with Crippen LogP contribution in [0.3, 0.4) is 0 Å². The topological polar surface area (TPSA) is 114 Å². The lowest BCUT2D eigenvalue weighted by molar-refractivity contribution is -0.121. The number of amides is 1. The van der Waals surface area contributed by atoms with Crippen LogP contribution in [-0.2, 0) is 14.8 Å². The molecule has 4 N–H and O–H groups in total. The molecule has 1 aromatic carbocycles. The van der Waals surface area contributed by atoms with Gasteiger partial charge in [-0.2, -0.15) is 0 Å². The molecular weight excluding hydrogens is 328 g/mol. The highest BCUT2D eigenvalue weighted by molar-refractivity contribution is 7.90. The van der Waals surface area contributed by atoms with E-state index in [0.29, 0.717) is 37.3 Å². The van der Waals surface area contributed by atoms with E-state index in [1.54, 1.807) is 12.1 Å². The van der Waals surface area contributed by atoms with Gasteiger partial charge in [0, 0.05) is 18.7 Å². The molecule has 2 aliphatic rings. The summed E-state index contributed by atoms with van der Waals surface area (Å²) in [5.74, 6) is 0.221. The van der Waals surface area contributed by atoms with Crippen molar-refractivity contribution in [1.82, 2.24) is 4.72 Å². The van der Waals surface area contributed by atoms with Gasteiger partial charge >= 0.3 is 0 Å². The Kier molecular flexibility index (Phi) is 4.60. The zero-order valence-electron chi connectivity index (χ0n) is 13.4. The highest BCUT2D eigenvalue weighted by Gasteiger charge is 2.37. The average molecular weight is 350 g/mol. The Morgan fingerprint density at radius 2 is 1.96 bits per heavy atom. The van der Waals surface area contributed by atoms with E-state index in [1.165, 1.54) is 12.1 Å². The normalized spacial score (nSPS) is 19.8. The van der Waals surface area contributed by atoms with Gasteiger partial charge < -0.3 is 11.1 Å². The van der Waals surface area contributed by atoms with Gasteiger partial charge in [-0.3, -0.25) is 14.5 Å². The Bertz CT molecular complexity index is 767. The van der Waals surface area contributed by atoms with E-state index >= 15 is 0 Å². The summed E-state index contributed by atoms with van der Waals surface area (Å²) < 4.78 is 27.3. The van der Waals surface area contributed by atoms with Crippen LogP contribution in [-0.4, -0.2) is 32.2 Å². The summed E-state index contributed by atoms with van der Waals surface area (Å²) in [6.07, 6.45) is 4.66. The standard InChI is InChI=1S/C16H22N4O3S/c17-16(8-1-2-9-16)15(21)19-12-5-3-6-13(11-12)24(22,23)20-14-7-4-10-18-14/h3,5-6,11H,1-2,4,7-10,17H2,(H,18,20)(H,19,21). The Hall–Kier alpha value is -1.93. The first-order valence-corrected chi connectivity index (χ1v) is 9.64. The minimum Gasteiger partial charge on any atom is -0.324 e. The second kappa shape index (κ2) is 6.52. The Morgan fingerprint density at radius 3 is 2.62 bits per heavy atom. The molecule has 1 aliphatic heterocycles. The molecule has 0 unspecified atom stereocenters. The number of hydrogen-bond donors (Lipinski definition) is 3. The number of hydrogen-bond acceptors (Lipinski definition) is 5. The van der Waals surface area contributed by atoms with Gasteiger partial charge in [0.1, 0.15) is 5.84 Å². The van der Waals surface area contributed by atoms with Gasteiger partial charge in [0.2, 0.25) is 5.91 Å². The van der Waals surface area contributed by atoms with Crippen LogP contribution in [0.4, 0.5) is 5.69 Å². The molecule has 0 spiro atoms. The molecule has 0 atom stereocenters. The number of amidine groups is 1. The lowest BCUT2D eigenvalue weighted by atomic mass is 9.98. The molecular formula is C16H22N4O3S. The molecule has 1 saturated carbocycles. The van der Waals surface area contributed by atoms with Gasteiger partial charge in [0.25, 0.3) is 10.0 Å². The highest BCUT2D eigenvalue weighted by Crippen LogP contribution is 2.28. The molecule has 0 saturated heterocycles. The van der Waals surface area contributed by atoms with Crippen LogP contribution in [0.25, 0.3) is 0 Å². The summed E-state index contributed by atoms with van der Waals surface area (Å²) in [6.45, 7) is 0.645. The average Bonchev–Trinajstić information content (AvgIpc) is 3.20. The lowest BCUT2D eigenvalue weighted by Crippen LogP contribution is -2.48. The number of anilines is 1. The van der Waals surface area contributed by atoms with Crippen LogP contribution in [0.5, 0.6) is 0 Å². The summed E-state index contributed by atoms with van der Waals surface area (Å²) in [7, 11) is -3.70. The monoisotopic (exact) mass is 350 g/mol. The fourth-order valence-corrected chi connectivity index (χ4v) is 4.20. The minimum absolute atomic E-state index is 0.0902. The van der Waals surface area contributed by atoms with Gasteiger partial charge in [-0.1, -0.05) is 18.9 Å². The molecule has 8 heteroatoms. The lowest BCUT2D eigenvalue weighted by Gasteiger charge is -2.22. The number of sulfonamides is 1. The predicted octanol–water partition coefficient (Wildman–Crippen LogP) is 1.37. The molecule has 0 bridgehead atoms. The first-order valence-electron chi connectivity index (χ1n) is 8.16. The van der Waals surface area contributed by atoms with Crippen LogP contribution >= 0.6 is 0 Å². The van der Waals surface area contributed by atoms with Gasteiger partial charge in [0.15, 0.2) is 0 Å². The minimum atomic E-state index is -3.70. The number of nitrogens with one attached hydrogen (secondary N) is 2. The SMILES string of the molecule is NC1(C(=O)Nc2cccc(S(=O)(=O)NC3=NCCC3)c2)CCCC1. The van der Waals surface area contributed by atoms with Crippen molar-refractivity contribution >= 4 is 27.5 Å². The maximum absolute atomic E-state index is 12.4. The summed E-state index contributed by atoms with van der Waals surface area (Å²) in [5.41, 5.74) is 5.69. The summed E-state index contributed by atoms with van der Waals surface area (Å²) in [4.78, 5) is 16.6. The Morgan fingerprint density at radius 1 is 1.21 bits per heavy atom. The van der Waals surface area contributed by atoms with E-state index in [-0.39, 0.29) is 10.8 Å². The van der Waals surface area contributed by atoms with Crippen molar-refractivity contribution in [3.63, 3.8) is 0 Å². The first-order chi connectivity index (χ1) is 11.4. The van der Waals surface area contributed by atoms with Gasteiger partial charge in [-0.15, -0.1) is 0 Å². The smallest absolute Gasteiger partial charge is 0.262 e. The molecule has 24 heavy (non-hydrogen) atoms. The number of benzene rings is 1. The quantitative estimate of drug-likeness (QED) is 0.761. The van der Waals surface area contributed by atoms with Crippen molar-refractivity contribution in [3.05, 3.63) is 24.3 Å². The van der Waals surface area contributed by atoms with Crippen LogP contribution in [0.2, 0.25) is 0 Å². The second-order valence-corrected chi connectivity index (χ2v) is 8.07. The third kappa shape index (κ3) is 3.59. The zero-order chi connectivity index (χ0) is 17.2.